The second kappa shape index (κ2) is 13.2. The molecule has 7 nitrogen and oxygen atoms in total. The van der Waals surface area contributed by atoms with Crippen molar-refractivity contribution in [1.29, 1.82) is 0 Å². The Kier molecular flexibility index (Phi) is 9.08. The monoisotopic (exact) mass is 633 g/mol. The Bertz CT molecular complexity index is 1890. The van der Waals surface area contributed by atoms with E-state index in [1.807, 2.05) is 37.7 Å². The maximum atomic E-state index is 13.6. The Morgan fingerprint density at radius 3 is 2.70 bits per heavy atom. The molecule has 0 saturated heterocycles. The largest absolute Gasteiger partial charge is 0.493 e. The van der Waals surface area contributed by atoms with Gasteiger partial charge in [0.1, 0.15) is 11.4 Å². The molecule has 2 aromatic heterocycles. The molecular weight excluding hydrogens is 595 g/mol. The van der Waals surface area contributed by atoms with Gasteiger partial charge in [-0.25, -0.2) is 4.79 Å². The van der Waals surface area contributed by atoms with Gasteiger partial charge in [0.15, 0.2) is 0 Å². The van der Waals surface area contributed by atoms with Crippen molar-refractivity contribution in [2.75, 3.05) is 19.8 Å². The summed E-state index contributed by atoms with van der Waals surface area (Å²) in [5.41, 5.74) is 6.61. The Labute approximate surface area is 265 Å². The number of carbonyl (C=O) groups is 1. The molecule has 10 heteroatoms. The molecule has 46 heavy (non-hydrogen) atoms. The Morgan fingerprint density at radius 1 is 1.07 bits per heavy atom. The molecule has 3 heterocycles. The topological polar surface area (TPSA) is 67.5 Å². The number of aryl methyl sites for hydroxylation is 4. The molecule has 1 aliphatic heterocycles. The van der Waals surface area contributed by atoms with Gasteiger partial charge in [-0.05, 0) is 62.1 Å². The Balaban J connectivity index is 1.34. The van der Waals surface area contributed by atoms with Crippen LogP contribution in [0.1, 0.15) is 59.2 Å². The van der Waals surface area contributed by atoms with E-state index in [9.17, 15) is 18.0 Å². The SMILES string of the molecule is CCOC(=O)c1c(CCCOc2cccc3cc(CC(F)(F)F)ccc23)c2cccc3c2n1CCCCOCc1c-3c(C)nn1C. The minimum Gasteiger partial charge on any atom is -0.493 e. The van der Waals surface area contributed by atoms with Gasteiger partial charge in [0.25, 0.3) is 0 Å². The van der Waals surface area contributed by atoms with Crippen molar-refractivity contribution in [1.82, 2.24) is 14.3 Å². The van der Waals surface area contributed by atoms with Gasteiger partial charge < -0.3 is 18.8 Å². The molecule has 0 radical (unpaired) electrons. The summed E-state index contributed by atoms with van der Waals surface area (Å²) < 4.78 is 60.7. The van der Waals surface area contributed by atoms with E-state index in [4.69, 9.17) is 19.3 Å². The number of ether oxygens (including phenoxy) is 3. The molecule has 0 saturated carbocycles. The first-order valence-electron chi connectivity index (χ1n) is 15.8. The first-order chi connectivity index (χ1) is 22.2. The van der Waals surface area contributed by atoms with Crippen molar-refractivity contribution >= 4 is 27.6 Å². The van der Waals surface area contributed by atoms with E-state index < -0.39 is 12.6 Å². The lowest BCUT2D eigenvalue weighted by Gasteiger charge is -2.13. The molecule has 0 amide bonds. The average molecular weight is 634 g/mol. The molecule has 0 fully saturated rings. The quantitative estimate of drug-likeness (QED) is 0.128. The van der Waals surface area contributed by atoms with Crippen molar-refractivity contribution < 1.29 is 32.2 Å². The lowest BCUT2D eigenvalue weighted by Crippen LogP contribution is -2.15. The standard InChI is InChI=1S/C36H38F3N3O4/c1-4-45-35(43)34-28(13-9-19-46-31-14-7-10-25-20-24(15-16-26(25)31)21-36(37,38)39)27-11-8-12-29-32-23(2)40-41(3)30(32)22-44-18-6-5-17-42(34)33(27)29/h7-8,10-12,14-16,20H,4-6,9,13,17-19,21-22H2,1-3H3. The second-order valence-corrected chi connectivity index (χ2v) is 11.7. The first-order valence-corrected chi connectivity index (χ1v) is 15.8. The van der Waals surface area contributed by atoms with Crippen LogP contribution in [0.2, 0.25) is 0 Å². The fraction of sp³-hybridized carbons (Fsp3) is 0.389. The highest BCUT2D eigenvalue weighted by Crippen LogP contribution is 2.39. The number of esters is 1. The zero-order chi connectivity index (χ0) is 32.4. The molecule has 242 valence electrons. The van der Waals surface area contributed by atoms with E-state index >= 15 is 0 Å². The summed E-state index contributed by atoms with van der Waals surface area (Å²) in [6.07, 6.45) is -2.36. The third kappa shape index (κ3) is 6.35. The smallest absolute Gasteiger partial charge is 0.393 e. The maximum absolute atomic E-state index is 13.6. The van der Waals surface area contributed by atoms with Gasteiger partial charge in [-0.2, -0.15) is 18.3 Å². The molecule has 0 unspecified atom stereocenters. The molecular formula is C36H38F3N3O4. The van der Waals surface area contributed by atoms with Gasteiger partial charge in [-0.3, -0.25) is 4.68 Å². The molecule has 0 atom stereocenters. The van der Waals surface area contributed by atoms with E-state index in [0.717, 1.165) is 57.2 Å². The number of benzene rings is 3. The van der Waals surface area contributed by atoms with Gasteiger partial charge in [0.05, 0.1) is 43.1 Å². The van der Waals surface area contributed by atoms with Crippen molar-refractivity contribution in [2.45, 2.75) is 65.3 Å². The van der Waals surface area contributed by atoms with Gasteiger partial charge >= 0.3 is 12.1 Å². The molecule has 1 aliphatic rings. The minimum absolute atomic E-state index is 0.214. The van der Waals surface area contributed by atoms with Crippen LogP contribution < -0.4 is 4.74 Å². The maximum Gasteiger partial charge on any atom is 0.393 e. The number of hydrogen-bond donors (Lipinski definition) is 0. The number of carbonyl (C=O) groups excluding carboxylic acids is 1. The lowest BCUT2D eigenvalue weighted by atomic mass is 9.98. The fourth-order valence-electron chi connectivity index (χ4n) is 6.66. The second-order valence-electron chi connectivity index (χ2n) is 11.7. The van der Waals surface area contributed by atoms with Gasteiger partial charge in [0, 0.05) is 42.1 Å². The average Bonchev–Trinajstić information content (AvgIpc) is 3.46. The minimum atomic E-state index is -4.27. The predicted octanol–water partition coefficient (Wildman–Crippen LogP) is 8.11. The molecule has 6 rings (SSSR count). The number of fused-ring (bicyclic) bond motifs is 3. The highest BCUT2D eigenvalue weighted by Gasteiger charge is 2.29. The number of para-hydroxylation sites is 1. The molecule has 0 N–H and O–H groups in total. The van der Waals surface area contributed by atoms with E-state index in [1.54, 1.807) is 24.3 Å². The number of hydrogen-bond acceptors (Lipinski definition) is 5. The number of nitrogens with zero attached hydrogens (tertiary/aromatic N) is 3. The highest BCUT2D eigenvalue weighted by atomic mass is 19.4. The van der Waals surface area contributed by atoms with Crippen molar-refractivity contribution in [3.05, 3.63) is 82.8 Å². The summed E-state index contributed by atoms with van der Waals surface area (Å²) in [4.78, 5) is 13.6. The molecule has 3 aromatic carbocycles. The highest BCUT2D eigenvalue weighted by molar-refractivity contribution is 6.05. The number of aromatic nitrogens is 3. The van der Waals surface area contributed by atoms with Crippen molar-refractivity contribution in [2.24, 2.45) is 7.05 Å². The van der Waals surface area contributed by atoms with Gasteiger partial charge in [-0.15, -0.1) is 0 Å². The first kappa shape index (κ1) is 31.7. The van der Waals surface area contributed by atoms with Crippen LogP contribution in [0.4, 0.5) is 13.2 Å². The predicted molar refractivity (Wildman–Crippen MR) is 171 cm³/mol. The third-order valence-corrected chi connectivity index (χ3v) is 8.56. The van der Waals surface area contributed by atoms with E-state index in [0.29, 0.717) is 56.0 Å². The summed E-state index contributed by atoms with van der Waals surface area (Å²) in [7, 11) is 1.93. The normalized spacial score (nSPS) is 13.9. The summed E-state index contributed by atoms with van der Waals surface area (Å²) in [5.74, 6) is 0.265. The number of halogens is 3. The zero-order valence-electron chi connectivity index (χ0n) is 26.4. The summed E-state index contributed by atoms with van der Waals surface area (Å²) in [6, 6.07) is 16.3. The van der Waals surface area contributed by atoms with Crippen LogP contribution in [0, 0.1) is 6.92 Å². The summed E-state index contributed by atoms with van der Waals surface area (Å²) >= 11 is 0. The van der Waals surface area contributed by atoms with Crippen LogP contribution in [-0.4, -0.2) is 46.3 Å². The van der Waals surface area contributed by atoms with Crippen LogP contribution >= 0.6 is 0 Å². The van der Waals surface area contributed by atoms with Crippen LogP contribution in [0.25, 0.3) is 32.8 Å². The molecule has 0 bridgehead atoms. The summed E-state index contributed by atoms with van der Waals surface area (Å²) in [5, 5.41) is 7.17. The summed E-state index contributed by atoms with van der Waals surface area (Å²) in [6.45, 7) is 6.15. The van der Waals surface area contributed by atoms with Crippen LogP contribution in [0.3, 0.4) is 0 Å². The lowest BCUT2D eigenvalue weighted by molar-refractivity contribution is -0.127. The van der Waals surface area contributed by atoms with E-state index in [-0.39, 0.29) is 18.1 Å². The molecule has 5 aromatic rings. The van der Waals surface area contributed by atoms with E-state index in [2.05, 4.69) is 16.7 Å². The molecule has 0 aliphatic carbocycles. The van der Waals surface area contributed by atoms with Crippen molar-refractivity contribution in [3.8, 4) is 16.9 Å². The van der Waals surface area contributed by atoms with Gasteiger partial charge in [0.2, 0.25) is 0 Å². The van der Waals surface area contributed by atoms with E-state index in [1.165, 1.54) is 6.07 Å². The van der Waals surface area contributed by atoms with Crippen LogP contribution in [0.15, 0.2) is 54.6 Å². The Hall–Kier alpha value is -4.31. The number of alkyl halides is 3. The van der Waals surface area contributed by atoms with Crippen molar-refractivity contribution in [3.63, 3.8) is 0 Å². The Morgan fingerprint density at radius 2 is 1.89 bits per heavy atom. The fourth-order valence-corrected chi connectivity index (χ4v) is 6.66. The van der Waals surface area contributed by atoms with Crippen LogP contribution in [0.5, 0.6) is 5.75 Å². The third-order valence-electron chi connectivity index (χ3n) is 8.56. The van der Waals surface area contributed by atoms with Gasteiger partial charge in [-0.1, -0.05) is 48.5 Å². The molecule has 0 spiro atoms. The van der Waals surface area contributed by atoms with Crippen LogP contribution in [-0.2, 0) is 42.5 Å². The number of rotatable bonds is 8. The zero-order valence-corrected chi connectivity index (χ0v) is 26.4.